The van der Waals surface area contributed by atoms with Gasteiger partial charge in [0.25, 0.3) is 0 Å². The number of hydrogen-bond donors (Lipinski definition) is 0. The van der Waals surface area contributed by atoms with Crippen molar-refractivity contribution in [3.63, 3.8) is 0 Å². The number of fused-ring (bicyclic) bond motifs is 9. The van der Waals surface area contributed by atoms with Crippen LogP contribution in [0.3, 0.4) is 0 Å². The molecule has 0 amide bonds. The van der Waals surface area contributed by atoms with Gasteiger partial charge < -0.3 is 13.6 Å². The number of hydrogen-bond acceptors (Lipinski definition) is 6. The van der Waals surface area contributed by atoms with Crippen LogP contribution in [0.15, 0.2) is 203 Å². The Morgan fingerprint density at radius 2 is 1.04 bits per heavy atom. The maximum Gasteiger partial charge on any atom is 0.164 e. The van der Waals surface area contributed by atoms with Crippen LogP contribution in [0.4, 0.5) is 0 Å². The molecular weight excluding hydrogens is 835 g/mol. The zero-order valence-electron chi connectivity index (χ0n) is 37.5. The van der Waals surface area contributed by atoms with Crippen molar-refractivity contribution in [1.29, 1.82) is 0 Å². The molecule has 8 aromatic carbocycles. The summed E-state index contributed by atoms with van der Waals surface area (Å²) in [6, 6.07) is 61.4. The Balaban J connectivity index is 0.927. The van der Waals surface area contributed by atoms with Crippen molar-refractivity contribution >= 4 is 49.5 Å². The molecule has 13 rings (SSSR count). The van der Waals surface area contributed by atoms with E-state index in [9.17, 15) is 0 Å². The van der Waals surface area contributed by atoms with Gasteiger partial charge in [0.1, 0.15) is 34.2 Å². The van der Waals surface area contributed by atoms with Crippen LogP contribution in [0.1, 0.15) is 46.6 Å². The van der Waals surface area contributed by atoms with Crippen LogP contribution >= 0.6 is 0 Å². The summed E-state index contributed by atoms with van der Waals surface area (Å²) in [7, 11) is 0. The third-order valence-corrected chi connectivity index (χ3v) is 13.9. The first-order chi connectivity index (χ1) is 33.6. The Bertz CT molecular complexity index is 3690. The molecule has 4 heterocycles. The molecular formula is C62H45N3O3. The highest BCUT2D eigenvalue weighted by atomic mass is 16.5. The number of furan rings is 2. The van der Waals surface area contributed by atoms with E-state index in [0.717, 1.165) is 97.6 Å². The molecule has 0 radical (unpaired) electrons. The molecule has 0 bridgehead atoms. The molecule has 2 atom stereocenters. The smallest absolute Gasteiger partial charge is 0.164 e. The second-order valence-corrected chi connectivity index (χ2v) is 18.1. The third kappa shape index (κ3) is 6.99. The summed E-state index contributed by atoms with van der Waals surface area (Å²) >= 11 is 0. The van der Waals surface area contributed by atoms with Crippen LogP contribution < -0.4 is 4.74 Å². The normalized spacial score (nSPS) is 15.2. The molecule has 0 fully saturated rings. The van der Waals surface area contributed by atoms with Gasteiger partial charge in [-0.2, -0.15) is 0 Å². The Labute approximate surface area is 393 Å². The molecule has 68 heavy (non-hydrogen) atoms. The number of para-hydroxylation sites is 2. The van der Waals surface area contributed by atoms with Gasteiger partial charge >= 0.3 is 0 Å². The fourth-order valence-corrected chi connectivity index (χ4v) is 10.5. The molecule has 1 aliphatic heterocycles. The van der Waals surface area contributed by atoms with E-state index in [1.54, 1.807) is 0 Å². The number of nitrogens with zero attached hydrogens (tertiary/aromatic N) is 3. The van der Waals surface area contributed by atoms with Crippen LogP contribution in [0.5, 0.6) is 5.75 Å². The van der Waals surface area contributed by atoms with E-state index in [2.05, 4.69) is 146 Å². The highest BCUT2D eigenvalue weighted by Gasteiger charge is 2.37. The third-order valence-electron chi connectivity index (χ3n) is 13.9. The lowest BCUT2D eigenvalue weighted by Gasteiger charge is -2.23. The second kappa shape index (κ2) is 16.5. The summed E-state index contributed by atoms with van der Waals surface area (Å²) in [6.45, 7) is 2.21. The van der Waals surface area contributed by atoms with Gasteiger partial charge in [0.2, 0.25) is 0 Å². The van der Waals surface area contributed by atoms with Crippen LogP contribution in [-0.2, 0) is 12.8 Å². The summed E-state index contributed by atoms with van der Waals surface area (Å²) < 4.78 is 19.5. The maximum atomic E-state index is 6.77. The monoisotopic (exact) mass is 879 g/mol. The van der Waals surface area contributed by atoms with Crippen molar-refractivity contribution in [1.82, 2.24) is 15.0 Å². The van der Waals surface area contributed by atoms with E-state index in [1.165, 1.54) is 39.0 Å². The van der Waals surface area contributed by atoms with Gasteiger partial charge in [-0.1, -0.05) is 146 Å². The van der Waals surface area contributed by atoms with Gasteiger partial charge in [0.15, 0.2) is 17.5 Å². The Morgan fingerprint density at radius 3 is 1.76 bits per heavy atom. The summed E-state index contributed by atoms with van der Waals surface area (Å²) in [5.74, 6) is 2.44. The van der Waals surface area contributed by atoms with E-state index >= 15 is 0 Å². The number of ether oxygens (including phenoxy) is 1. The Kier molecular flexibility index (Phi) is 9.71. The number of aryl methyl sites for hydroxylation is 2. The van der Waals surface area contributed by atoms with E-state index in [-0.39, 0.29) is 12.0 Å². The minimum Gasteiger partial charge on any atom is -0.485 e. The van der Waals surface area contributed by atoms with Gasteiger partial charge in [-0.05, 0) is 120 Å². The lowest BCUT2D eigenvalue weighted by atomic mass is 9.81. The zero-order chi connectivity index (χ0) is 45.1. The van der Waals surface area contributed by atoms with Crippen molar-refractivity contribution in [2.24, 2.45) is 0 Å². The molecule has 0 saturated carbocycles. The van der Waals surface area contributed by atoms with Gasteiger partial charge in [0, 0.05) is 49.7 Å². The highest BCUT2D eigenvalue weighted by molar-refractivity contribution is 6.07. The molecule has 0 saturated heterocycles. The molecule has 1 aliphatic carbocycles. The lowest BCUT2D eigenvalue weighted by Crippen LogP contribution is -2.17. The molecule has 0 N–H and O–H groups in total. The van der Waals surface area contributed by atoms with Crippen molar-refractivity contribution in [3.05, 3.63) is 222 Å². The van der Waals surface area contributed by atoms with Crippen molar-refractivity contribution in [2.45, 2.75) is 44.6 Å². The second-order valence-electron chi connectivity index (χ2n) is 18.1. The van der Waals surface area contributed by atoms with Gasteiger partial charge in [-0.15, -0.1) is 0 Å². The van der Waals surface area contributed by atoms with Crippen molar-refractivity contribution in [3.8, 4) is 51.0 Å². The average molecular weight is 880 g/mol. The summed E-state index contributed by atoms with van der Waals surface area (Å²) in [5.41, 5.74) is 16.0. The largest absolute Gasteiger partial charge is 0.485 e. The number of allylic oxidation sites excluding steroid dienone is 2. The van der Waals surface area contributed by atoms with E-state index in [4.69, 9.17) is 28.5 Å². The summed E-state index contributed by atoms with van der Waals surface area (Å²) in [4.78, 5) is 15.8. The van der Waals surface area contributed by atoms with Crippen LogP contribution in [0.25, 0.3) is 94.7 Å². The van der Waals surface area contributed by atoms with Gasteiger partial charge in [-0.3, -0.25) is 0 Å². The maximum absolute atomic E-state index is 6.77. The van der Waals surface area contributed by atoms with Crippen molar-refractivity contribution in [2.75, 3.05) is 0 Å². The fraction of sp³-hybridized carbons (Fsp3) is 0.113. The number of benzene rings is 8. The first kappa shape index (κ1) is 40.0. The Hall–Kier alpha value is -8.35. The van der Waals surface area contributed by atoms with Crippen LogP contribution in [0, 0.1) is 6.92 Å². The molecule has 3 aromatic heterocycles. The fourth-order valence-electron chi connectivity index (χ4n) is 10.5. The number of rotatable bonds is 10. The standard InChI is InChI=1S/C62H45N3O3/c1-38-15-5-7-19-43(38)45-24-13-23-44(46(45)20-8-6-18-39-16-3-2-4-17-39)40-31-34-55-52(35-40)59-51(25-14-28-56(59)66-55)62-64-60(41-29-32-49-47-21-9-11-26-53(47)67-57(49)36-41)63-61(65-62)42-30-33-50-48-22-10-12-27-54(48)68-58(50)37-42/h2-5,7,9-17,19,21-37,52,55H,6,8,18,20H2,1H3. The van der Waals surface area contributed by atoms with E-state index < -0.39 is 0 Å². The quantitative estimate of drug-likeness (QED) is 0.127. The lowest BCUT2D eigenvalue weighted by molar-refractivity contribution is 0.269. The SMILES string of the molecule is Cc1ccccc1-c1cccc(C2=CC3c4c(cccc4-c4nc(-c5ccc6c(c5)oc5ccccc56)nc(-c5ccc6c(c5)oc5ccccc56)n4)OC3C=C2)c1CCCCc1ccccc1. The highest BCUT2D eigenvalue weighted by Crippen LogP contribution is 2.49. The minimum absolute atomic E-state index is 0.0725. The number of aromatic nitrogens is 3. The van der Waals surface area contributed by atoms with Gasteiger partial charge in [-0.25, -0.2) is 15.0 Å². The summed E-state index contributed by atoms with van der Waals surface area (Å²) in [6.07, 6.45) is 11.0. The molecule has 2 aliphatic rings. The first-order valence-electron chi connectivity index (χ1n) is 23.6. The molecule has 6 nitrogen and oxygen atoms in total. The zero-order valence-corrected chi connectivity index (χ0v) is 37.5. The predicted molar refractivity (Wildman–Crippen MR) is 275 cm³/mol. The average Bonchev–Trinajstić information content (AvgIpc) is 4.08. The van der Waals surface area contributed by atoms with Gasteiger partial charge in [0.05, 0.1) is 0 Å². The topological polar surface area (TPSA) is 74.2 Å². The molecule has 6 heteroatoms. The molecule has 2 unspecified atom stereocenters. The summed E-state index contributed by atoms with van der Waals surface area (Å²) in [5, 5.41) is 4.24. The first-order valence-corrected chi connectivity index (χ1v) is 23.6. The van der Waals surface area contributed by atoms with E-state index in [1.807, 2.05) is 54.6 Å². The molecule has 11 aromatic rings. The van der Waals surface area contributed by atoms with Crippen LogP contribution in [0.2, 0.25) is 0 Å². The number of unbranched alkanes of at least 4 members (excludes halogenated alkanes) is 1. The predicted octanol–water partition coefficient (Wildman–Crippen LogP) is 15.7. The molecule has 326 valence electrons. The van der Waals surface area contributed by atoms with Crippen LogP contribution in [-0.4, -0.2) is 21.1 Å². The molecule has 0 spiro atoms. The minimum atomic E-state index is -0.171. The Morgan fingerprint density at radius 1 is 0.471 bits per heavy atom. The van der Waals surface area contributed by atoms with E-state index in [0.29, 0.717) is 17.5 Å². The van der Waals surface area contributed by atoms with Crippen molar-refractivity contribution < 1.29 is 13.6 Å².